The molecule has 1 heteroatoms. The SMILES string of the molecule is c1ccc(-c2cccc3c4c(ccc23)-c2ccc(-c3cccc5oc6cc7ccccc7cc6c35)cc2C42c3ccccc3-c3ccccc32)cc1. The van der Waals surface area contributed by atoms with Gasteiger partial charge in [0.05, 0.1) is 5.41 Å². The van der Waals surface area contributed by atoms with E-state index in [1.54, 1.807) is 0 Å². The van der Waals surface area contributed by atoms with Gasteiger partial charge in [-0.2, -0.15) is 0 Å². The topological polar surface area (TPSA) is 13.1 Å². The van der Waals surface area contributed by atoms with Crippen LogP contribution in [0.25, 0.3) is 88.0 Å². The fraction of sp³-hybridized carbons (Fsp3) is 0.0196. The van der Waals surface area contributed by atoms with Crippen molar-refractivity contribution >= 4 is 43.5 Å². The maximum atomic E-state index is 6.55. The largest absolute Gasteiger partial charge is 0.456 e. The average Bonchev–Trinajstić information content (AvgIpc) is 3.83. The lowest BCUT2D eigenvalue weighted by Gasteiger charge is -2.32. The molecule has 0 saturated heterocycles. The highest BCUT2D eigenvalue weighted by Crippen LogP contribution is 2.64. The molecule has 1 nitrogen and oxygen atoms in total. The standard InChI is InChI=1S/C51H30O/c1-2-12-31(13-3-1)35-18-10-20-41-37(35)26-27-42-40-25-24-34(36-19-11-23-47-49(36)43-28-32-14-4-5-15-33(32)30-48(43)52-47)29-46(40)51(50(41)42)44-21-8-6-16-38(44)39-17-7-9-22-45(39)51/h1-30H. The fourth-order valence-corrected chi connectivity index (χ4v) is 9.79. The Hall–Kier alpha value is -6.70. The lowest BCUT2D eigenvalue weighted by atomic mass is 9.69. The van der Waals surface area contributed by atoms with Gasteiger partial charge >= 0.3 is 0 Å². The van der Waals surface area contributed by atoms with Crippen LogP contribution in [-0.2, 0) is 5.41 Å². The Balaban J connectivity index is 1.19. The Bertz CT molecular complexity index is 3080. The summed E-state index contributed by atoms with van der Waals surface area (Å²) < 4.78 is 6.55. The predicted octanol–water partition coefficient (Wildman–Crippen LogP) is 13.6. The van der Waals surface area contributed by atoms with Crippen molar-refractivity contribution in [3.63, 3.8) is 0 Å². The lowest BCUT2D eigenvalue weighted by molar-refractivity contribution is 0.669. The molecule has 0 unspecified atom stereocenters. The quantitative estimate of drug-likeness (QED) is 0.180. The maximum Gasteiger partial charge on any atom is 0.136 e. The molecule has 0 bridgehead atoms. The van der Waals surface area contributed by atoms with Crippen LogP contribution in [0.2, 0.25) is 0 Å². The molecule has 0 fully saturated rings. The van der Waals surface area contributed by atoms with Crippen molar-refractivity contribution in [2.75, 3.05) is 0 Å². The Morgan fingerprint density at radius 1 is 0.327 bits per heavy atom. The zero-order valence-electron chi connectivity index (χ0n) is 28.2. The molecule has 1 aromatic heterocycles. The second kappa shape index (κ2) is 10.2. The van der Waals surface area contributed by atoms with Crippen LogP contribution in [0, 0.1) is 0 Å². The van der Waals surface area contributed by atoms with Crippen LogP contribution in [0.1, 0.15) is 22.3 Å². The molecule has 1 heterocycles. The molecule has 0 aliphatic heterocycles. The van der Waals surface area contributed by atoms with Crippen LogP contribution in [0.15, 0.2) is 186 Å². The zero-order chi connectivity index (χ0) is 34.0. The minimum atomic E-state index is -0.481. The number of rotatable bonds is 2. The van der Waals surface area contributed by atoms with Crippen molar-refractivity contribution in [1.29, 1.82) is 0 Å². The number of furan rings is 1. The molecule has 0 amide bonds. The first-order valence-corrected chi connectivity index (χ1v) is 18.1. The maximum absolute atomic E-state index is 6.55. The zero-order valence-corrected chi connectivity index (χ0v) is 28.2. The molecule has 1 spiro atoms. The molecule has 2 aliphatic rings. The molecular formula is C51H30O. The Kier molecular flexibility index (Phi) is 5.49. The fourth-order valence-electron chi connectivity index (χ4n) is 9.79. The van der Waals surface area contributed by atoms with Gasteiger partial charge in [0.15, 0.2) is 0 Å². The second-order valence-corrected chi connectivity index (χ2v) is 14.3. The van der Waals surface area contributed by atoms with Gasteiger partial charge in [-0.1, -0.05) is 158 Å². The van der Waals surface area contributed by atoms with E-state index < -0.39 is 5.41 Å². The van der Waals surface area contributed by atoms with Crippen molar-refractivity contribution in [3.05, 3.63) is 204 Å². The van der Waals surface area contributed by atoms with Crippen LogP contribution in [0.5, 0.6) is 0 Å². The Labute approximate surface area is 301 Å². The molecule has 9 aromatic carbocycles. The van der Waals surface area contributed by atoms with Crippen LogP contribution in [-0.4, -0.2) is 0 Å². The van der Waals surface area contributed by atoms with E-state index >= 15 is 0 Å². The molecule has 52 heavy (non-hydrogen) atoms. The van der Waals surface area contributed by atoms with Crippen LogP contribution >= 0.6 is 0 Å². The summed E-state index contributed by atoms with van der Waals surface area (Å²) in [6.07, 6.45) is 0. The van der Waals surface area contributed by atoms with E-state index in [1.807, 2.05) is 0 Å². The molecular weight excluding hydrogens is 629 g/mol. The molecule has 0 saturated carbocycles. The van der Waals surface area contributed by atoms with E-state index in [9.17, 15) is 0 Å². The van der Waals surface area contributed by atoms with E-state index in [0.29, 0.717) is 0 Å². The third-order valence-corrected chi connectivity index (χ3v) is 11.9. The minimum absolute atomic E-state index is 0.481. The normalized spacial score (nSPS) is 13.5. The second-order valence-electron chi connectivity index (χ2n) is 14.3. The number of hydrogen-bond donors (Lipinski definition) is 0. The molecule has 0 radical (unpaired) electrons. The summed E-state index contributed by atoms with van der Waals surface area (Å²) in [5.74, 6) is 0. The lowest BCUT2D eigenvalue weighted by Crippen LogP contribution is -2.26. The van der Waals surface area contributed by atoms with Gasteiger partial charge in [0.2, 0.25) is 0 Å². The first-order chi connectivity index (χ1) is 25.8. The van der Waals surface area contributed by atoms with Gasteiger partial charge in [-0.3, -0.25) is 0 Å². The van der Waals surface area contributed by atoms with Crippen molar-refractivity contribution in [2.45, 2.75) is 5.41 Å². The molecule has 0 atom stereocenters. The predicted molar refractivity (Wildman–Crippen MR) is 216 cm³/mol. The molecule has 12 rings (SSSR count). The summed E-state index contributed by atoms with van der Waals surface area (Å²) in [5, 5.41) is 7.31. The van der Waals surface area contributed by atoms with Crippen molar-refractivity contribution in [1.82, 2.24) is 0 Å². The smallest absolute Gasteiger partial charge is 0.136 e. The van der Waals surface area contributed by atoms with E-state index in [0.717, 1.165) is 21.9 Å². The summed E-state index contributed by atoms with van der Waals surface area (Å²) in [4.78, 5) is 0. The van der Waals surface area contributed by atoms with Gasteiger partial charge in [-0.25, -0.2) is 0 Å². The highest BCUT2D eigenvalue weighted by Gasteiger charge is 2.52. The Morgan fingerprint density at radius 3 is 1.77 bits per heavy atom. The van der Waals surface area contributed by atoms with Crippen molar-refractivity contribution in [3.8, 4) is 44.5 Å². The molecule has 240 valence electrons. The first-order valence-electron chi connectivity index (χ1n) is 18.1. The van der Waals surface area contributed by atoms with Crippen LogP contribution in [0.3, 0.4) is 0 Å². The minimum Gasteiger partial charge on any atom is -0.456 e. The van der Waals surface area contributed by atoms with Gasteiger partial charge in [-0.05, 0) is 113 Å². The van der Waals surface area contributed by atoms with E-state index in [4.69, 9.17) is 4.42 Å². The number of fused-ring (bicyclic) bond motifs is 16. The summed E-state index contributed by atoms with van der Waals surface area (Å²) in [6.45, 7) is 0. The van der Waals surface area contributed by atoms with E-state index in [2.05, 4.69) is 182 Å². The summed E-state index contributed by atoms with van der Waals surface area (Å²) in [7, 11) is 0. The van der Waals surface area contributed by atoms with Crippen molar-refractivity contribution in [2.24, 2.45) is 0 Å². The third kappa shape index (κ3) is 3.52. The van der Waals surface area contributed by atoms with Crippen LogP contribution < -0.4 is 0 Å². The van der Waals surface area contributed by atoms with Gasteiger partial charge < -0.3 is 4.42 Å². The Morgan fingerprint density at radius 2 is 0.962 bits per heavy atom. The van der Waals surface area contributed by atoms with Gasteiger partial charge in [0, 0.05) is 10.8 Å². The third-order valence-electron chi connectivity index (χ3n) is 11.9. The summed E-state index contributed by atoms with van der Waals surface area (Å²) in [5.41, 5.74) is 16.9. The van der Waals surface area contributed by atoms with Crippen molar-refractivity contribution < 1.29 is 4.42 Å². The highest BCUT2D eigenvalue weighted by atomic mass is 16.3. The number of benzene rings is 9. The van der Waals surface area contributed by atoms with Gasteiger partial charge in [0.25, 0.3) is 0 Å². The van der Waals surface area contributed by atoms with Gasteiger partial charge in [-0.15, -0.1) is 0 Å². The molecule has 0 N–H and O–H groups in total. The highest BCUT2D eigenvalue weighted by molar-refractivity contribution is 6.16. The van der Waals surface area contributed by atoms with E-state index in [1.165, 1.54) is 88.3 Å². The number of hydrogen-bond acceptors (Lipinski definition) is 1. The molecule has 10 aromatic rings. The van der Waals surface area contributed by atoms with Crippen LogP contribution in [0.4, 0.5) is 0 Å². The summed E-state index contributed by atoms with van der Waals surface area (Å²) in [6, 6.07) is 67.3. The summed E-state index contributed by atoms with van der Waals surface area (Å²) >= 11 is 0. The first kappa shape index (κ1) is 28.0. The van der Waals surface area contributed by atoms with Gasteiger partial charge in [0.1, 0.15) is 11.2 Å². The molecule has 2 aliphatic carbocycles. The van der Waals surface area contributed by atoms with E-state index in [-0.39, 0.29) is 0 Å². The monoisotopic (exact) mass is 658 g/mol. The average molecular weight is 659 g/mol.